The molecule has 6 rings (SSSR count). The molecule has 4 aromatic carbocycles. The second-order valence-electron chi connectivity index (χ2n) is 17.0. The fraction of sp³-hybridized carbons (Fsp3) is 0.381. The molecule has 0 bridgehead atoms. The lowest BCUT2D eigenvalue weighted by Gasteiger charge is -2.44. The predicted molar refractivity (Wildman–Crippen MR) is 198 cm³/mol. The van der Waals surface area contributed by atoms with Crippen molar-refractivity contribution in [2.24, 2.45) is 0 Å². The first-order chi connectivity index (χ1) is 36.3. The van der Waals surface area contributed by atoms with E-state index in [-0.39, 0.29) is 24.3 Å². The van der Waals surface area contributed by atoms with Gasteiger partial charge in [-0.1, -0.05) is 36.4 Å². The fourth-order valence-corrected chi connectivity index (χ4v) is 7.85. The molecule has 0 aromatic heterocycles. The number of carbonyl (C=O) groups excluding carboxylic acids is 4. The molecule has 2 heterocycles. The van der Waals surface area contributed by atoms with Gasteiger partial charge < -0.3 is 0 Å². The number of nitrogens with zero attached hydrogens (tertiary/aromatic N) is 2. The zero-order valence-electron chi connectivity index (χ0n) is 37.3. The second kappa shape index (κ2) is 17.8. The summed E-state index contributed by atoms with van der Waals surface area (Å²) in [6.45, 7) is 0. The Bertz CT molecular complexity index is 3080. The van der Waals surface area contributed by atoms with Gasteiger partial charge in [-0.05, 0) is 36.4 Å². The van der Waals surface area contributed by atoms with Crippen LogP contribution in [0.25, 0.3) is 10.8 Å². The Morgan fingerprint density at radius 2 is 0.463 bits per heavy atom. The van der Waals surface area contributed by atoms with Gasteiger partial charge in [-0.25, -0.2) is 9.80 Å². The van der Waals surface area contributed by atoms with Gasteiger partial charge in [0.2, 0.25) is 0 Å². The first-order valence-electron chi connectivity index (χ1n) is 20.3. The molecular weight excluding hydrogens is 1240 g/mol. The highest BCUT2D eigenvalue weighted by molar-refractivity contribution is 6.43. The third-order valence-corrected chi connectivity index (χ3v) is 12.3. The van der Waals surface area contributed by atoms with Gasteiger partial charge in [-0.2, -0.15) is 149 Å². The number of anilines is 2. The van der Waals surface area contributed by atoms with Gasteiger partial charge in [0.25, 0.3) is 23.6 Å². The summed E-state index contributed by atoms with van der Waals surface area (Å²) in [5.41, 5.74) is -22.2. The number of hydrogen-bond donors (Lipinski definition) is 0. The lowest BCUT2D eigenvalue weighted by molar-refractivity contribution is -0.462. The minimum atomic E-state index is -9.43. The van der Waals surface area contributed by atoms with E-state index in [0.29, 0.717) is 24.3 Å². The number of benzene rings is 4. The first kappa shape index (κ1) is 64.2. The summed E-state index contributed by atoms with van der Waals surface area (Å²) in [5, 5.41) is -5.35. The average Bonchev–Trinajstić information content (AvgIpc) is 1.51. The lowest BCUT2D eigenvalue weighted by atomic mass is 9.76. The molecule has 82 heavy (non-hydrogen) atoms. The third-order valence-electron chi connectivity index (χ3n) is 12.3. The van der Waals surface area contributed by atoms with Crippen molar-refractivity contribution < 1.29 is 168 Å². The Balaban J connectivity index is 1.80. The molecule has 0 spiro atoms. The van der Waals surface area contributed by atoms with Crippen LogP contribution in [0.4, 0.5) is 161 Å². The van der Waals surface area contributed by atoms with Crippen LogP contribution in [0.15, 0.2) is 72.8 Å². The molecule has 2 aliphatic rings. The maximum Gasteiger partial charge on any atom is 0.460 e. The van der Waals surface area contributed by atoms with Crippen molar-refractivity contribution in [2.45, 2.75) is 95.3 Å². The number of carbonyl (C=O) groups is 4. The number of imide groups is 2. The van der Waals surface area contributed by atoms with Gasteiger partial charge in [0, 0.05) is 33.0 Å². The van der Waals surface area contributed by atoms with Crippen LogP contribution in [0.5, 0.6) is 0 Å². The van der Waals surface area contributed by atoms with Gasteiger partial charge >= 0.3 is 95.3 Å². The monoisotopic (exact) mass is 1250 g/mol. The molecule has 0 N–H and O–H groups in total. The topological polar surface area (TPSA) is 74.8 Å². The van der Waals surface area contributed by atoms with Crippen LogP contribution in [-0.4, -0.2) is 107 Å². The van der Waals surface area contributed by atoms with Crippen molar-refractivity contribution in [3.05, 3.63) is 106 Å². The second-order valence-corrected chi connectivity index (χ2v) is 17.0. The summed E-state index contributed by atoms with van der Waals surface area (Å²) >= 11 is 0. The number of alkyl halides is 34. The molecule has 0 unspecified atom stereocenters. The van der Waals surface area contributed by atoms with Crippen LogP contribution in [-0.2, 0) is 11.8 Å². The summed E-state index contributed by atoms with van der Waals surface area (Å²) in [7, 11) is 0. The predicted octanol–water partition coefficient (Wildman–Crippen LogP) is 15.4. The number of amides is 4. The molecule has 0 radical (unpaired) electrons. The van der Waals surface area contributed by atoms with Crippen LogP contribution < -0.4 is 9.80 Å². The van der Waals surface area contributed by atoms with Crippen molar-refractivity contribution in [3.8, 4) is 0 Å². The zero-order chi connectivity index (χ0) is 63.7. The smallest absolute Gasteiger partial charge is 0.268 e. The Kier molecular flexibility index (Phi) is 13.9. The maximum absolute atomic E-state index is 16.7. The minimum absolute atomic E-state index is 0.263. The Morgan fingerprint density at radius 3 is 0.683 bits per heavy atom. The summed E-state index contributed by atoms with van der Waals surface area (Å²) < 4.78 is 497. The summed E-state index contributed by atoms with van der Waals surface area (Å²) in [4.78, 5) is 54.6. The standard InChI is InChI=1S/C42H12F34N2O4/c43-27(44,29(47,48)31(51,52)33(55,56)35(59,60)37(63,64)39(67,68)41(71,72)73)17-12-16-20-19-15(23(79)77(25(81)21(17)19)13-7-3-1-4-8-13)11-18(22(20)26(82)78(24(16)80)14-9-5-2-6-10-14)28(45,46)30(49,50)32(53,54)34(57,58)36(61,62)38(65,66)40(69,70)42(74,75)76/h1-12H. The Morgan fingerprint density at radius 1 is 0.256 bits per heavy atom. The molecule has 2 aliphatic heterocycles. The Hall–Kier alpha value is -6.96. The normalized spacial score (nSPS) is 16.7. The number of rotatable bonds is 16. The van der Waals surface area contributed by atoms with Crippen molar-refractivity contribution in [1.29, 1.82) is 0 Å². The summed E-state index contributed by atoms with van der Waals surface area (Å²) in [5.74, 6) is -138. The van der Waals surface area contributed by atoms with E-state index in [1.165, 1.54) is 0 Å². The van der Waals surface area contributed by atoms with Gasteiger partial charge in [0.15, 0.2) is 0 Å². The van der Waals surface area contributed by atoms with E-state index in [9.17, 15) is 116 Å². The summed E-state index contributed by atoms with van der Waals surface area (Å²) in [6, 6.07) is 1.84. The first-order valence-corrected chi connectivity index (χ1v) is 20.3. The Labute approximate surface area is 425 Å². The fourth-order valence-electron chi connectivity index (χ4n) is 7.85. The molecule has 4 amide bonds. The molecule has 0 fully saturated rings. The molecule has 452 valence electrons. The van der Waals surface area contributed by atoms with Crippen molar-refractivity contribution in [2.75, 3.05) is 9.80 Å². The number of halogens is 34. The van der Waals surface area contributed by atoms with Gasteiger partial charge in [-0.15, -0.1) is 0 Å². The molecule has 6 nitrogen and oxygen atoms in total. The zero-order valence-corrected chi connectivity index (χ0v) is 37.3. The minimum Gasteiger partial charge on any atom is -0.268 e. The van der Waals surface area contributed by atoms with Crippen molar-refractivity contribution in [1.82, 2.24) is 0 Å². The van der Waals surface area contributed by atoms with E-state index >= 15 is 52.7 Å². The largest absolute Gasteiger partial charge is 0.460 e. The average molecular weight is 1250 g/mol. The summed E-state index contributed by atoms with van der Waals surface area (Å²) in [6.07, 6.45) is -16.5. The highest BCUT2D eigenvalue weighted by atomic mass is 19.4. The molecule has 0 saturated heterocycles. The van der Waals surface area contributed by atoms with Gasteiger partial charge in [0.1, 0.15) is 0 Å². The van der Waals surface area contributed by atoms with E-state index < -0.39 is 196 Å². The van der Waals surface area contributed by atoms with E-state index in [0.717, 1.165) is 12.1 Å². The van der Waals surface area contributed by atoms with Crippen LogP contribution in [0.2, 0.25) is 0 Å². The number of para-hydroxylation sites is 2. The maximum atomic E-state index is 16.7. The molecule has 0 saturated carbocycles. The van der Waals surface area contributed by atoms with Crippen molar-refractivity contribution in [3.63, 3.8) is 0 Å². The SMILES string of the molecule is O=C1c2cc(C(F)(F)C(F)(F)C(F)(F)C(F)(F)C(F)(F)C(F)(F)C(F)(F)C(F)(F)F)c3c4c(cc(C(F)(F)C(F)(F)C(F)(F)C(F)(F)C(F)(F)C(F)(F)C(F)(F)C(F)(F)F)c(c24)C(=O)N1c1ccccc1)C(=O)N(c1ccccc1)C3=O. The molecule has 40 heteroatoms. The lowest BCUT2D eigenvalue weighted by Crippen LogP contribution is -2.74. The highest BCUT2D eigenvalue weighted by Crippen LogP contribution is 2.68. The van der Waals surface area contributed by atoms with Gasteiger partial charge in [-0.3, -0.25) is 19.2 Å². The van der Waals surface area contributed by atoms with E-state index in [1.54, 1.807) is 0 Å². The van der Waals surface area contributed by atoms with Crippen LogP contribution in [0.3, 0.4) is 0 Å². The van der Waals surface area contributed by atoms with E-state index in [2.05, 4.69) is 0 Å². The van der Waals surface area contributed by atoms with Crippen LogP contribution in [0.1, 0.15) is 52.6 Å². The van der Waals surface area contributed by atoms with Gasteiger partial charge in [0.05, 0.1) is 22.5 Å². The number of hydrogen-bond acceptors (Lipinski definition) is 4. The van der Waals surface area contributed by atoms with Crippen LogP contribution >= 0.6 is 0 Å². The quantitative estimate of drug-likeness (QED) is 0.0827. The highest BCUT2D eigenvalue weighted by Gasteiger charge is 2.97. The van der Waals surface area contributed by atoms with Crippen molar-refractivity contribution >= 4 is 45.8 Å². The molecule has 0 aliphatic carbocycles. The molecular formula is C42H12F34N2O4. The van der Waals surface area contributed by atoms with Crippen LogP contribution in [0, 0.1) is 0 Å². The molecule has 0 atom stereocenters. The van der Waals surface area contributed by atoms with E-state index in [1.807, 2.05) is 0 Å². The van der Waals surface area contributed by atoms with E-state index in [4.69, 9.17) is 0 Å². The molecule has 4 aromatic rings. The third kappa shape index (κ3) is 7.62.